The number of hydrogen-bond donors (Lipinski definition) is 1. The van der Waals surface area contributed by atoms with Gasteiger partial charge in [0.05, 0.1) is 4.90 Å². The Kier molecular flexibility index (Phi) is 3.69. The van der Waals surface area contributed by atoms with E-state index in [9.17, 15) is 13.2 Å². The van der Waals surface area contributed by atoms with E-state index in [1.54, 1.807) is 31.2 Å². The molecule has 6 heteroatoms. The van der Waals surface area contributed by atoms with Crippen molar-refractivity contribution >= 4 is 32.4 Å². The molecule has 0 radical (unpaired) electrons. The number of carbonyl (C=O) groups is 1. The van der Waals surface area contributed by atoms with Crippen LogP contribution in [-0.2, 0) is 9.84 Å². The molecular weight excluding hydrogens is 314 g/mol. The van der Waals surface area contributed by atoms with Gasteiger partial charge in [-0.25, -0.2) is 8.42 Å². The van der Waals surface area contributed by atoms with Crippen molar-refractivity contribution in [2.75, 3.05) is 11.6 Å². The Labute approximate surface area is 133 Å². The van der Waals surface area contributed by atoms with Crippen molar-refractivity contribution in [2.45, 2.75) is 11.8 Å². The highest BCUT2D eigenvalue weighted by molar-refractivity contribution is 7.90. The summed E-state index contributed by atoms with van der Waals surface area (Å²) in [5.41, 5.74) is 1.73. The Bertz CT molecular complexity index is 969. The highest BCUT2D eigenvalue weighted by Gasteiger charge is 2.14. The number of para-hydroxylation sites is 1. The molecule has 1 N–H and O–H groups in total. The third kappa shape index (κ3) is 3.12. The normalized spacial score (nSPS) is 11.6. The number of sulfone groups is 1. The number of aryl methyl sites for hydroxylation is 1. The quantitative estimate of drug-likeness (QED) is 0.799. The van der Waals surface area contributed by atoms with Crippen LogP contribution in [0, 0.1) is 6.92 Å². The van der Waals surface area contributed by atoms with E-state index in [0.717, 1.165) is 11.6 Å². The highest BCUT2D eigenvalue weighted by Crippen LogP contribution is 2.22. The molecular formula is C17H15NO4S. The fourth-order valence-corrected chi connectivity index (χ4v) is 3.39. The lowest BCUT2D eigenvalue weighted by Crippen LogP contribution is -2.11. The molecule has 2 aromatic carbocycles. The van der Waals surface area contributed by atoms with E-state index in [4.69, 9.17) is 4.42 Å². The smallest absolute Gasteiger partial charge is 0.291 e. The number of benzene rings is 2. The molecule has 0 atom stereocenters. The number of furan rings is 1. The van der Waals surface area contributed by atoms with Crippen LogP contribution in [0.1, 0.15) is 16.1 Å². The lowest BCUT2D eigenvalue weighted by Gasteiger charge is -2.07. The van der Waals surface area contributed by atoms with Gasteiger partial charge in [-0.15, -0.1) is 0 Å². The van der Waals surface area contributed by atoms with Crippen LogP contribution in [0.3, 0.4) is 0 Å². The van der Waals surface area contributed by atoms with E-state index < -0.39 is 9.84 Å². The highest BCUT2D eigenvalue weighted by atomic mass is 32.2. The van der Waals surface area contributed by atoms with Gasteiger partial charge in [0.15, 0.2) is 15.6 Å². The summed E-state index contributed by atoms with van der Waals surface area (Å²) in [4.78, 5) is 12.5. The summed E-state index contributed by atoms with van der Waals surface area (Å²) < 4.78 is 28.7. The van der Waals surface area contributed by atoms with Crippen molar-refractivity contribution in [1.29, 1.82) is 0 Å². The summed E-state index contributed by atoms with van der Waals surface area (Å²) in [5, 5.41) is 3.56. The molecule has 0 unspecified atom stereocenters. The molecule has 0 fully saturated rings. The molecule has 0 aliphatic rings. The summed E-state index contributed by atoms with van der Waals surface area (Å²) in [7, 11) is -3.28. The molecule has 0 aliphatic carbocycles. The van der Waals surface area contributed by atoms with Gasteiger partial charge in [0.1, 0.15) is 5.58 Å². The van der Waals surface area contributed by atoms with E-state index in [1.165, 1.54) is 6.07 Å². The van der Waals surface area contributed by atoms with Gasteiger partial charge in [-0.3, -0.25) is 4.79 Å². The van der Waals surface area contributed by atoms with E-state index in [0.29, 0.717) is 16.8 Å². The van der Waals surface area contributed by atoms with Crippen LogP contribution in [0.4, 0.5) is 5.69 Å². The van der Waals surface area contributed by atoms with Crippen molar-refractivity contribution < 1.29 is 17.6 Å². The standard InChI is InChI=1S/C17H15NO4S/c1-11-9-13(7-8-16(11)23(2,20)21)18-17(19)15-10-12-5-3-4-6-14(12)22-15/h3-10H,1-2H3,(H,18,19). The molecule has 0 saturated carbocycles. The Morgan fingerprint density at radius 3 is 2.48 bits per heavy atom. The molecule has 0 saturated heterocycles. The zero-order valence-corrected chi connectivity index (χ0v) is 13.5. The number of rotatable bonds is 3. The minimum absolute atomic E-state index is 0.205. The fourth-order valence-electron chi connectivity index (χ4n) is 2.43. The molecule has 3 rings (SSSR count). The number of amides is 1. The van der Waals surface area contributed by atoms with Gasteiger partial charge in [0.25, 0.3) is 5.91 Å². The Morgan fingerprint density at radius 1 is 1.09 bits per heavy atom. The maximum Gasteiger partial charge on any atom is 0.291 e. The molecule has 5 nitrogen and oxygen atoms in total. The summed E-state index contributed by atoms with van der Waals surface area (Å²) in [6, 6.07) is 13.7. The van der Waals surface area contributed by atoms with Gasteiger partial charge in [-0.2, -0.15) is 0 Å². The van der Waals surface area contributed by atoms with Crippen molar-refractivity contribution in [3.05, 3.63) is 59.9 Å². The second kappa shape index (κ2) is 5.55. The molecule has 3 aromatic rings. The van der Waals surface area contributed by atoms with Crippen molar-refractivity contribution in [3.63, 3.8) is 0 Å². The summed E-state index contributed by atoms with van der Waals surface area (Å²) in [5.74, 6) is -0.177. The third-order valence-corrected chi connectivity index (χ3v) is 4.74. The molecule has 118 valence electrons. The third-order valence-electron chi connectivity index (χ3n) is 3.48. The molecule has 0 aliphatic heterocycles. The lowest BCUT2D eigenvalue weighted by atomic mass is 10.2. The number of anilines is 1. The van der Waals surface area contributed by atoms with Gasteiger partial charge in [-0.05, 0) is 42.8 Å². The first-order chi connectivity index (χ1) is 10.8. The van der Waals surface area contributed by atoms with Crippen molar-refractivity contribution in [3.8, 4) is 0 Å². The number of hydrogen-bond acceptors (Lipinski definition) is 4. The minimum atomic E-state index is -3.28. The number of fused-ring (bicyclic) bond motifs is 1. The van der Waals surface area contributed by atoms with E-state index in [2.05, 4.69) is 5.32 Å². The summed E-state index contributed by atoms with van der Waals surface area (Å²) in [6.07, 6.45) is 1.15. The fraction of sp³-hybridized carbons (Fsp3) is 0.118. The second-order valence-corrected chi connectivity index (χ2v) is 7.34. The van der Waals surface area contributed by atoms with Crippen molar-refractivity contribution in [2.24, 2.45) is 0 Å². The van der Waals surface area contributed by atoms with Gasteiger partial charge in [-0.1, -0.05) is 18.2 Å². The van der Waals surface area contributed by atoms with Gasteiger partial charge in [0, 0.05) is 17.3 Å². The summed E-state index contributed by atoms with van der Waals surface area (Å²) in [6.45, 7) is 1.69. The first-order valence-corrected chi connectivity index (χ1v) is 8.84. The zero-order valence-electron chi connectivity index (χ0n) is 12.7. The molecule has 1 amide bonds. The maximum atomic E-state index is 12.3. The van der Waals surface area contributed by atoms with Crippen molar-refractivity contribution in [1.82, 2.24) is 0 Å². The van der Waals surface area contributed by atoms with Crippen LogP contribution in [0.25, 0.3) is 11.0 Å². The Hall–Kier alpha value is -2.60. The van der Waals surface area contributed by atoms with Crippen LogP contribution in [0.15, 0.2) is 57.8 Å². The summed E-state index contributed by atoms with van der Waals surface area (Å²) >= 11 is 0. The van der Waals surface area contributed by atoms with Crippen LogP contribution in [0.5, 0.6) is 0 Å². The molecule has 1 aromatic heterocycles. The topological polar surface area (TPSA) is 76.4 Å². The van der Waals surface area contributed by atoms with Gasteiger partial charge < -0.3 is 9.73 Å². The predicted molar refractivity (Wildman–Crippen MR) is 88.5 cm³/mol. The molecule has 1 heterocycles. The largest absolute Gasteiger partial charge is 0.451 e. The maximum absolute atomic E-state index is 12.3. The van der Waals surface area contributed by atoms with Crippen LogP contribution in [0.2, 0.25) is 0 Å². The van der Waals surface area contributed by atoms with E-state index in [1.807, 2.05) is 18.2 Å². The van der Waals surface area contributed by atoms with E-state index >= 15 is 0 Å². The number of carbonyl (C=O) groups excluding carboxylic acids is 1. The predicted octanol–water partition coefficient (Wildman–Crippen LogP) is 3.40. The first kappa shape index (κ1) is 15.3. The monoisotopic (exact) mass is 329 g/mol. The van der Waals surface area contributed by atoms with E-state index in [-0.39, 0.29) is 16.6 Å². The van der Waals surface area contributed by atoms with Crippen LogP contribution >= 0.6 is 0 Å². The van der Waals surface area contributed by atoms with Crippen LogP contribution < -0.4 is 5.32 Å². The molecule has 0 bridgehead atoms. The average Bonchev–Trinajstić information content (AvgIpc) is 2.90. The van der Waals surface area contributed by atoms with Gasteiger partial charge >= 0.3 is 0 Å². The number of nitrogens with one attached hydrogen (secondary N) is 1. The average molecular weight is 329 g/mol. The minimum Gasteiger partial charge on any atom is -0.451 e. The lowest BCUT2D eigenvalue weighted by molar-refractivity contribution is 0.0998. The van der Waals surface area contributed by atoms with Gasteiger partial charge in [0.2, 0.25) is 0 Å². The first-order valence-electron chi connectivity index (χ1n) is 6.95. The zero-order chi connectivity index (χ0) is 16.6. The Morgan fingerprint density at radius 2 is 1.83 bits per heavy atom. The molecule has 0 spiro atoms. The second-order valence-electron chi connectivity index (χ2n) is 5.36. The Balaban J connectivity index is 1.86. The van der Waals surface area contributed by atoms with Crippen LogP contribution in [-0.4, -0.2) is 20.6 Å². The molecule has 23 heavy (non-hydrogen) atoms. The SMILES string of the molecule is Cc1cc(NC(=O)c2cc3ccccc3o2)ccc1S(C)(=O)=O.